The number of imidazole rings is 1. The number of rotatable bonds is 10. The average molecular weight is 628 g/mol. The summed E-state index contributed by atoms with van der Waals surface area (Å²) in [6.07, 6.45) is 2.81. The third-order valence-corrected chi connectivity index (χ3v) is 8.41. The summed E-state index contributed by atoms with van der Waals surface area (Å²) in [6.45, 7) is 9.43. The summed E-state index contributed by atoms with van der Waals surface area (Å²) in [5.74, 6) is 0.515. The lowest BCUT2D eigenvalue weighted by Gasteiger charge is -2.32. The van der Waals surface area contributed by atoms with Crippen LogP contribution in [0.1, 0.15) is 79.0 Å². The third kappa shape index (κ3) is 7.14. The predicted molar refractivity (Wildman–Crippen MR) is 168 cm³/mol. The van der Waals surface area contributed by atoms with Gasteiger partial charge in [-0.2, -0.15) is 5.26 Å². The van der Waals surface area contributed by atoms with Gasteiger partial charge < -0.3 is 23.9 Å². The molecule has 0 saturated carbocycles. The number of likely N-dealkylation sites (tertiary alicyclic amines) is 1. The lowest BCUT2D eigenvalue weighted by molar-refractivity contribution is -0.0592. The number of aromatic carboxylic acids is 1. The van der Waals surface area contributed by atoms with E-state index in [4.69, 9.17) is 29.4 Å². The van der Waals surface area contributed by atoms with Crippen molar-refractivity contribution in [3.05, 3.63) is 82.6 Å². The Bertz CT molecular complexity index is 1780. The first-order chi connectivity index (χ1) is 22.1. The van der Waals surface area contributed by atoms with Crippen molar-refractivity contribution in [3.63, 3.8) is 0 Å². The van der Waals surface area contributed by atoms with Crippen molar-refractivity contribution in [3.8, 4) is 17.7 Å². The van der Waals surface area contributed by atoms with E-state index in [1.54, 1.807) is 30.3 Å². The monoisotopic (exact) mass is 627 g/mol. The van der Waals surface area contributed by atoms with E-state index in [0.717, 1.165) is 56.0 Å². The van der Waals surface area contributed by atoms with Crippen molar-refractivity contribution in [2.75, 3.05) is 19.7 Å². The van der Waals surface area contributed by atoms with Gasteiger partial charge in [0, 0.05) is 29.8 Å². The number of halogens is 1. The predicted octanol–water partition coefficient (Wildman–Crippen LogP) is 6.07. The molecule has 0 unspecified atom stereocenters. The molecular weight excluding hydrogens is 589 g/mol. The standard InChI is InChI=1S/C35H38FN5O5/c1-35(2,3)46-30-17-25(34(42)43)16-29-33(30)39-31(41(29)19-26-11-14-44-26)20-40-12-9-23(10-13-40)28-5-4-6-32(38-28)45-21-24-8-7-22(18-37)15-27(24)36/h4-8,15-17,23,26H,9-14,19-21H2,1-3H3,(H,42,43)/t26-/m0/s1. The second kappa shape index (κ2) is 13.1. The number of piperidine rings is 1. The lowest BCUT2D eigenvalue weighted by atomic mass is 9.93. The molecule has 0 amide bonds. The van der Waals surface area contributed by atoms with Crippen molar-refractivity contribution in [2.45, 2.75) is 77.4 Å². The second-order valence-electron chi connectivity index (χ2n) is 12.9. The number of ether oxygens (including phenoxy) is 3. The van der Waals surface area contributed by atoms with Gasteiger partial charge in [0.05, 0.1) is 41.9 Å². The van der Waals surface area contributed by atoms with Crippen LogP contribution in [0.15, 0.2) is 48.5 Å². The number of nitrogens with zero attached hydrogens (tertiary/aromatic N) is 5. The van der Waals surface area contributed by atoms with Gasteiger partial charge in [0.25, 0.3) is 0 Å². The summed E-state index contributed by atoms with van der Waals surface area (Å²) in [5.41, 5.74) is 2.61. The largest absolute Gasteiger partial charge is 0.486 e. The first-order valence-electron chi connectivity index (χ1n) is 15.6. The number of pyridine rings is 1. The molecule has 2 aromatic heterocycles. The van der Waals surface area contributed by atoms with Crippen LogP contribution in [0, 0.1) is 17.1 Å². The highest BCUT2D eigenvalue weighted by atomic mass is 19.1. The van der Waals surface area contributed by atoms with Gasteiger partial charge in [0.2, 0.25) is 5.88 Å². The Labute approximate surface area is 267 Å². The van der Waals surface area contributed by atoms with Crippen molar-refractivity contribution in [2.24, 2.45) is 0 Å². The maximum absolute atomic E-state index is 14.3. The summed E-state index contributed by atoms with van der Waals surface area (Å²) >= 11 is 0. The van der Waals surface area contributed by atoms with E-state index in [2.05, 4.69) is 9.47 Å². The number of fused-ring (bicyclic) bond motifs is 1. The molecule has 0 aliphatic carbocycles. The zero-order valence-corrected chi connectivity index (χ0v) is 26.3. The number of carbonyl (C=O) groups is 1. The highest BCUT2D eigenvalue weighted by Gasteiger charge is 2.28. The van der Waals surface area contributed by atoms with E-state index in [1.165, 1.54) is 6.07 Å². The molecule has 2 saturated heterocycles. The highest BCUT2D eigenvalue weighted by Crippen LogP contribution is 2.34. The fraction of sp³-hybridized carbons (Fsp3) is 0.429. The smallest absolute Gasteiger partial charge is 0.335 e. The number of benzene rings is 2. The fourth-order valence-electron chi connectivity index (χ4n) is 5.94. The molecular formula is C35H38FN5O5. The van der Waals surface area contributed by atoms with Crippen molar-refractivity contribution in [1.29, 1.82) is 5.26 Å². The Morgan fingerprint density at radius 1 is 1.13 bits per heavy atom. The van der Waals surface area contributed by atoms with E-state index in [9.17, 15) is 14.3 Å². The van der Waals surface area contributed by atoms with Crippen LogP contribution in [0.2, 0.25) is 0 Å². The number of aromatic nitrogens is 3. The van der Waals surface area contributed by atoms with E-state index >= 15 is 0 Å². The van der Waals surface area contributed by atoms with Gasteiger partial charge in [-0.1, -0.05) is 12.1 Å². The van der Waals surface area contributed by atoms with Crippen LogP contribution in [-0.4, -0.2) is 61.9 Å². The highest BCUT2D eigenvalue weighted by molar-refractivity contribution is 5.95. The molecule has 46 heavy (non-hydrogen) atoms. The van der Waals surface area contributed by atoms with E-state index in [0.29, 0.717) is 35.8 Å². The van der Waals surface area contributed by atoms with Gasteiger partial charge in [-0.15, -0.1) is 0 Å². The van der Waals surface area contributed by atoms with Crippen LogP contribution in [0.4, 0.5) is 4.39 Å². The second-order valence-corrected chi connectivity index (χ2v) is 12.9. The third-order valence-electron chi connectivity index (χ3n) is 8.41. The summed E-state index contributed by atoms with van der Waals surface area (Å²) in [6, 6.07) is 15.2. The quantitative estimate of drug-likeness (QED) is 0.223. The summed E-state index contributed by atoms with van der Waals surface area (Å²) < 4.78 is 34.2. The van der Waals surface area contributed by atoms with Crippen LogP contribution in [0.25, 0.3) is 11.0 Å². The number of carboxylic acids is 1. The molecule has 1 N–H and O–H groups in total. The first-order valence-corrected chi connectivity index (χ1v) is 15.6. The number of carboxylic acid groups (broad SMARTS) is 1. The van der Waals surface area contributed by atoms with E-state index in [1.807, 2.05) is 39.0 Å². The van der Waals surface area contributed by atoms with Crippen LogP contribution >= 0.6 is 0 Å². The Kier molecular flexibility index (Phi) is 8.93. The Hall–Kier alpha value is -4.53. The van der Waals surface area contributed by atoms with Gasteiger partial charge in [-0.3, -0.25) is 4.90 Å². The van der Waals surface area contributed by atoms with Crippen molar-refractivity contribution >= 4 is 17.0 Å². The molecule has 0 bridgehead atoms. The molecule has 11 heteroatoms. The van der Waals surface area contributed by atoms with Crippen molar-refractivity contribution in [1.82, 2.24) is 19.4 Å². The summed E-state index contributed by atoms with van der Waals surface area (Å²) in [7, 11) is 0. The van der Waals surface area contributed by atoms with E-state index in [-0.39, 0.29) is 29.8 Å². The zero-order valence-electron chi connectivity index (χ0n) is 26.3. The molecule has 6 rings (SSSR count). The molecule has 2 fully saturated rings. The molecule has 2 aliphatic rings. The minimum absolute atomic E-state index is 0.0236. The molecule has 0 spiro atoms. The number of hydrogen-bond acceptors (Lipinski definition) is 8. The number of hydrogen-bond donors (Lipinski definition) is 1. The Balaban J connectivity index is 1.16. The SMILES string of the molecule is CC(C)(C)Oc1cc(C(=O)O)cc2c1nc(CN1CCC(c3cccc(OCc4ccc(C#N)cc4F)n3)CC1)n2C[C@@H]1CCO1. The molecule has 1 atom stereocenters. The van der Waals surface area contributed by atoms with Gasteiger partial charge >= 0.3 is 5.97 Å². The Morgan fingerprint density at radius 3 is 2.57 bits per heavy atom. The van der Waals surface area contributed by atoms with Crippen LogP contribution in [-0.2, 0) is 24.4 Å². The van der Waals surface area contributed by atoms with Crippen LogP contribution in [0.3, 0.4) is 0 Å². The van der Waals surface area contributed by atoms with E-state index < -0.39 is 17.4 Å². The molecule has 4 aromatic rings. The van der Waals surface area contributed by atoms with Gasteiger partial charge in [-0.25, -0.2) is 19.2 Å². The molecule has 240 valence electrons. The first kappa shape index (κ1) is 31.5. The maximum atomic E-state index is 14.3. The van der Waals surface area contributed by atoms with Gasteiger partial charge in [0.15, 0.2) is 0 Å². The Morgan fingerprint density at radius 2 is 1.91 bits per heavy atom. The lowest BCUT2D eigenvalue weighted by Crippen LogP contribution is -2.35. The van der Waals surface area contributed by atoms with Gasteiger partial charge in [-0.05, 0) is 83.5 Å². The fourth-order valence-corrected chi connectivity index (χ4v) is 5.94. The average Bonchev–Trinajstić information content (AvgIpc) is 3.34. The zero-order chi connectivity index (χ0) is 32.4. The summed E-state index contributed by atoms with van der Waals surface area (Å²) in [5, 5.41) is 18.8. The molecule has 0 radical (unpaired) electrons. The summed E-state index contributed by atoms with van der Waals surface area (Å²) in [4.78, 5) is 24.2. The minimum Gasteiger partial charge on any atom is -0.486 e. The van der Waals surface area contributed by atoms with Crippen LogP contribution < -0.4 is 9.47 Å². The molecule has 10 nitrogen and oxygen atoms in total. The molecule has 2 aliphatic heterocycles. The number of nitriles is 1. The van der Waals surface area contributed by atoms with Crippen LogP contribution in [0.5, 0.6) is 11.6 Å². The topological polar surface area (TPSA) is 123 Å². The van der Waals surface area contributed by atoms with Crippen molar-refractivity contribution < 1.29 is 28.5 Å². The minimum atomic E-state index is -1.01. The maximum Gasteiger partial charge on any atom is 0.335 e. The molecule has 4 heterocycles. The normalized spacial score (nSPS) is 17.4. The molecule has 2 aromatic carbocycles. The van der Waals surface area contributed by atoms with Gasteiger partial charge in [0.1, 0.15) is 35.1 Å².